The molecule has 1 aliphatic heterocycles. The molecule has 0 unspecified atom stereocenters. The predicted octanol–water partition coefficient (Wildman–Crippen LogP) is -3.08. The van der Waals surface area contributed by atoms with Gasteiger partial charge in [-0.3, -0.25) is 52.7 Å². The Morgan fingerprint density at radius 3 is 1.61 bits per heavy atom. The molecular formula is C50H93N15O11S. The monoisotopic (exact) mass is 1110 g/mol. The Morgan fingerprint density at radius 2 is 1.08 bits per heavy atom. The number of carbonyl (C=O) groups excluding carboxylic acids is 11. The molecule has 1 rings (SSSR count). The maximum Gasteiger partial charge on any atom is 0.245 e. The zero-order chi connectivity index (χ0) is 57.7. The molecule has 0 aromatic rings. The van der Waals surface area contributed by atoms with Gasteiger partial charge in [-0.25, -0.2) is 0 Å². The van der Waals surface area contributed by atoms with E-state index < -0.39 is 108 Å². The summed E-state index contributed by atoms with van der Waals surface area (Å²) in [5, 5.41) is 21.5. The van der Waals surface area contributed by atoms with Crippen molar-refractivity contribution in [2.75, 3.05) is 51.6 Å². The van der Waals surface area contributed by atoms with E-state index in [-0.39, 0.29) is 81.6 Å². The van der Waals surface area contributed by atoms with Crippen molar-refractivity contribution >= 4 is 77.6 Å². The summed E-state index contributed by atoms with van der Waals surface area (Å²) in [5.41, 5.74) is 33.9. The molecule has 77 heavy (non-hydrogen) atoms. The zero-order valence-electron chi connectivity index (χ0n) is 45.5. The highest BCUT2D eigenvalue weighted by Gasteiger charge is 2.34. The van der Waals surface area contributed by atoms with Gasteiger partial charge < -0.3 is 81.8 Å². The molecule has 0 bridgehead atoms. The van der Waals surface area contributed by atoms with Crippen LogP contribution in [0.2, 0.25) is 0 Å². The van der Waals surface area contributed by atoms with E-state index in [1.165, 1.54) is 4.90 Å². The summed E-state index contributed by atoms with van der Waals surface area (Å²) in [6.45, 7) is 4.49. The van der Waals surface area contributed by atoms with Crippen LogP contribution in [0, 0.1) is 5.92 Å². The molecule has 0 spiro atoms. The molecule has 0 radical (unpaired) electrons. The number of unbranched alkanes of at least 4 members (excludes halogenated alkanes) is 4. The number of primary amides is 2. The van der Waals surface area contributed by atoms with Crippen molar-refractivity contribution in [2.24, 2.45) is 40.3 Å². The fourth-order valence-corrected chi connectivity index (χ4v) is 8.63. The van der Waals surface area contributed by atoms with Crippen LogP contribution in [0.3, 0.4) is 0 Å². The lowest BCUT2D eigenvalue weighted by Gasteiger charge is -2.30. The minimum atomic E-state index is -1.58. The first-order valence-electron chi connectivity index (χ1n) is 27.4. The van der Waals surface area contributed by atoms with Gasteiger partial charge in [-0.1, -0.05) is 26.7 Å². The number of nitrogens with one attached hydrogen (secondary N) is 8. The van der Waals surface area contributed by atoms with E-state index in [9.17, 15) is 52.7 Å². The maximum atomic E-state index is 14.8. The number of rotatable bonds is 28. The third-order valence-corrected chi connectivity index (χ3v) is 13.2. The van der Waals surface area contributed by atoms with Gasteiger partial charge >= 0.3 is 0 Å². The molecule has 1 fully saturated rings. The summed E-state index contributed by atoms with van der Waals surface area (Å²) in [5.74, 6) is -8.06. The second-order valence-corrected chi connectivity index (χ2v) is 20.2. The van der Waals surface area contributed by atoms with Gasteiger partial charge in [0, 0.05) is 31.7 Å². The predicted molar refractivity (Wildman–Crippen MR) is 293 cm³/mol. The van der Waals surface area contributed by atoms with Gasteiger partial charge in [0.1, 0.15) is 42.3 Å². The van der Waals surface area contributed by atoms with Crippen LogP contribution in [-0.2, 0) is 52.7 Å². The van der Waals surface area contributed by atoms with E-state index in [1.54, 1.807) is 0 Å². The number of amides is 11. The van der Waals surface area contributed by atoms with E-state index in [0.29, 0.717) is 110 Å². The summed E-state index contributed by atoms with van der Waals surface area (Å²) in [6, 6.07) is -8.41. The summed E-state index contributed by atoms with van der Waals surface area (Å²) in [7, 11) is 0. The summed E-state index contributed by atoms with van der Waals surface area (Å²) in [6.07, 6.45) is 6.13. The highest BCUT2D eigenvalue weighted by molar-refractivity contribution is 7.80. The molecule has 0 saturated carbocycles. The van der Waals surface area contributed by atoms with Gasteiger partial charge in [-0.05, 0) is 135 Å². The standard InChI is InChI=1S/C50H93N15O11S/c1-32(2)43-49(75)57-27-15-3-4-16-28-65(30-42(69)59-34(18-8-12-24-52)46(72)62-37(29-39(55)66)48(74)63-38(31-77)44(56)70)50(76)36(20-10-14-26-54)61-47(73)35(19-9-13-25-53)60-45(71)33(17-7-11-23-51)58-40(67)21-5-6-22-41(68)64-43/h32-38,43,77H,3-31,51-54H2,1-2H3,(H2,55,66)(H2,56,70)(H,57,75)(H,58,67)(H,59,69)(H,60,71)(H,61,73)(H,62,72)(H,63,74)(H,64,68)/t33-,34-,35-,36-,37-,38-,43-/m0/s1. The fraction of sp³-hybridized carbons (Fsp3) is 0.780. The Bertz CT molecular complexity index is 1880. The van der Waals surface area contributed by atoms with Crippen LogP contribution in [0.1, 0.15) is 149 Å². The van der Waals surface area contributed by atoms with Crippen molar-refractivity contribution in [1.82, 2.24) is 47.4 Å². The molecule has 0 aliphatic carbocycles. The number of thiol groups is 1. The van der Waals surface area contributed by atoms with Crippen molar-refractivity contribution in [1.29, 1.82) is 0 Å². The number of hydrogen-bond acceptors (Lipinski definition) is 16. The minimum absolute atomic E-state index is 0.00112. The highest BCUT2D eigenvalue weighted by Crippen LogP contribution is 2.13. The lowest BCUT2D eigenvalue weighted by Crippen LogP contribution is -2.59. The summed E-state index contributed by atoms with van der Waals surface area (Å²) in [4.78, 5) is 149. The Hall–Kier alpha value is -5.64. The van der Waals surface area contributed by atoms with Gasteiger partial charge in [-0.15, -0.1) is 0 Å². The molecule has 20 N–H and O–H groups in total. The molecule has 26 nitrogen and oxygen atoms in total. The van der Waals surface area contributed by atoms with Gasteiger partial charge in [0.25, 0.3) is 0 Å². The first-order chi connectivity index (χ1) is 36.7. The molecule has 11 amide bonds. The van der Waals surface area contributed by atoms with Crippen LogP contribution in [0.5, 0.6) is 0 Å². The number of hydrogen-bond donors (Lipinski definition) is 15. The van der Waals surface area contributed by atoms with Gasteiger partial charge in [-0.2, -0.15) is 12.6 Å². The second-order valence-electron chi connectivity index (χ2n) is 19.8. The SMILES string of the molecule is CC(C)[C@@H]1NC(=O)CCCCC(=O)N[C@@H](CCCCN)C(=O)N[C@@H](CCCCN)C(=O)N[C@@H](CCCCN)C(=O)N(CC(=O)N[C@@H](CCCCN)C(=O)N[C@@H](CC(N)=O)C(=O)N[C@@H](CS)C(N)=O)CCCCCCNC1=O. The van der Waals surface area contributed by atoms with E-state index in [2.05, 4.69) is 55.2 Å². The lowest BCUT2D eigenvalue weighted by molar-refractivity contribution is -0.141. The Balaban J connectivity index is 3.76. The first-order valence-corrected chi connectivity index (χ1v) is 28.0. The second kappa shape index (κ2) is 40.6. The van der Waals surface area contributed by atoms with Gasteiger partial charge in [0.15, 0.2) is 0 Å². The largest absolute Gasteiger partial charge is 0.370 e. The van der Waals surface area contributed by atoms with Crippen molar-refractivity contribution in [2.45, 2.75) is 191 Å². The zero-order valence-corrected chi connectivity index (χ0v) is 46.4. The van der Waals surface area contributed by atoms with Crippen molar-refractivity contribution < 1.29 is 52.7 Å². The molecule has 1 aliphatic rings. The average Bonchev–Trinajstić information content (AvgIpc) is 3.37. The number of nitrogens with two attached hydrogens (primary N) is 6. The van der Waals surface area contributed by atoms with E-state index in [1.807, 2.05) is 13.8 Å². The van der Waals surface area contributed by atoms with Crippen molar-refractivity contribution in [3.8, 4) is 0 Å². The van der Waals surface area contributed by atoms with Gasteiger partial charge in [0.2, 0.25) is 65.0 Å². The van der Waals surface area contributed by atoms with Crippen LogP contribution < -0.4 is 76.9 Å². The van der Waals surface area contributed by atoms with Crippen LogP contribution >= 0.6 is 12.6 Å². The fourth-order valence-electron chi connectivity index (χ4n) is 8.36. The van der Waals surface area contributed by atoms with Crippen LogP contribution in [0.15, 0.2) is 0 Å². The van der Waals surface area contributed by atoms with Crippen LogP contribution in [0.25, 0.3) is 0 Å². The van der Waals surface area contributed by atoms with E-state index in [4.69, 9.17) is 34.4 Å². The minimum Gasteiger partial charge on any atom is -0.370 e. The Kier molecular flexibility index (Phi) is 36.5. The molecule has 1 saturated heterocycles. The first kappa shape index (κ1) is 69.4. The van der Waals surface area contributed by atoms with Crippen molar-refractivity contribution in [3.05, 3.63) is 0 Å². The molecule has 1 heterocycles. The molecular weight excluding hydrogens is 1020 g/mol. The number of carbonyl (C=O) groups is 11. The van der Waals surface area contributed by atoms with Crippen LogP contribution in [0.4, 0.5) is 0 Å². The average molecular weight is 1110 g/mol. The molecule has 7 atom stereocenters. The number of nitrogens with zero attached hydrogens (tertiary/aromatic N) is 1. The third-order valence-electron chi connectivity index (χ3n) is 12.8. The Labute approximate surface area is 459 Å². The maximum absolute atomic E-state index is 14.8. The van der Waals surface area contributed by atoms with Crippen LogP contribution in [-0.4, -0.2) is 164 Å². The van der Waals surface area contributed by atoms with E-state index in [0.717, 1.165) is 0 Å². The summed E-state index contributed by atoms with van der Waals surface area (Å²) >= 11 is 4.02. The topological polar surface area (TPSA) is 443 Å². The Morgan fingerprint density at radius 1 is 0.584 bits per heavy atom. The van der Waals surface area contributed by atoms with E-state index >= 15 is 0 Å². The highest BCUT2D eigenvalue weighted by atomic mass is 32.1. The summed E-state index contributed by atoms with van der Waals surface area (Å²) < 4.78 is 0. The third kappa shape index (κ3) is 29.6. The smallest absolute Gasteiger partial charge is 0.245 e. The quantitative estimate of drug-likeness (QED) is 0.0273. The van der Waals surface area contributed by atoms with Crippen molar-refractivity contribution in [3.63, 3.8) is 0 Å². The molecule has 0 aromatic heterocycles. The molecule has 440 valence electrons. The van der Waals surface area contributed by atoms with Gasteiger partial charge in [0.05, 0.1) is 13.0 Å². The lowest BCUT2D eigenvalue weighted by atomic mass is 10.0. The molecule has 0 aromatic carbocycles. The molecule has 27 heteroatoms. The normalized spacial score (nSPS) is 20.5.